The van der Waals surface area contributed by atoms with E-state index in [-0.39, 0.29) is 37.0 Å². The molecule has 0 bridgehead atoms. The van der Waals surface area contributed by atoms with Crippen LogP contribution in [0.2, 0.25) is 0 Å². The third-order valence-corrected chi connectivity index (χ3v) is 12.2. The maximum absolute atomic E-state index is 13.9. The lowest BCUT2D eigenvalue weighted by Gasteiger charge is -2.28. The Bertz CT molecular complexity index is 1840. The van der Waals surface area contributed by atoms with Crippen LogP contribution in [0, 0.1) is 35.5 Å². The summed E-state index contributed by atoms with van der Waals surface area (Å²) >= 11 is 0. The van der Waals surface area contributed by atoms with Gasteiger partial charge in [-0.15, -0.1) is 0 Å². The average molecular weight is 991 g/mol. The van der Waals surface area contributed by atoms with Crippen LogP contribution in [-0.2, 0) is 38.2 Å². The summed E-state index contributed by atoms with van der Waals surface area (Å²) in [5, 5.41) is 77.3. The molecule has 0 fully saturated rings. The molecule has 0 aliphatic rings. The summed E-state index contributed by atoms with van der Waals surface area (Å²) < 4.78 is 11.7. The van der Waals surface area contributed by atoms with E-state index < -0.39 is 91.7 Å². The van der Waals surface area contributed by atoms with Crippen molar-refractivity contribution in [2.24, 2.45) is 35.5 Å². The van der Waals surface area contributed by atoms with Crippen molar-refractivity contribution in [2.45, 2.75) is 177 Å². The largest absolute Gasteiger partial charge is 0.481 e. The molecule has 0 rings (SSSR count). The van der Waals surface area contributed by atoms with Gasteiger partial charge in [0.15, 0.2) is 0 Å². The van der Waals surface area contributed by atoms with Crippen molar-refractivity contribution < 1.29 is 79.1 Å². The van der Waals surface area contributed by atoms with Crippen LogP contribution in [0.25, 0.3) is 0 Å². The first-order valence-corrected chi connectivity index (χ1v) is 24.7. The maximum Gasteiger partial charge on any atom is 0.331 e. The van der Waals surface area contributed by atoms with E-state index >= 15 is 0 Å². The normalized spacial score (nSPS) is 17.1. The van der Waals surface area contributed by atoms with Crippen molar-refractivity contribution in [3.8, 4) is 0 Å². The predicted molar refractivity (Wildman–Crippen MR) is 267 cm³/mol. The van der Waals surface area contributed by atoms with Gasteiger partial charge in [0.2, 0.25) is 0 Å². The van der Waals surface area contributed by atoms with Gasteiger partial charge in [0.1, 0.15) is 30.0 Å². The lowest BCUT2D eigenvalue weighted by molar-refractivity contribution is -0.172. The molecule has 16 nitrogen and oxygen atoms in total. The summed E-state index contributed by atoms with van der Waals surface area (Å²) in [4.78, 5) is 72.9. The van der Waals surface area contributed by atoms with Crippen LogP contribution in [0.5, 0.6) is 0 Å². The zero-order valence-corrected chi connectivity index (χ0v) is 43.2. The molecule has 0 aromatic heterocycles. The molecule has 0 saturated carbocycles. The lowest BCUT2D eigenvalue weighted by Crippen LogP contribution is -2.41. The van der Waals surface area contributed by atoms with Gasteiger partial charge < -0.3 is 50.3 Å². The zero-order valence-electron chi connectivity index (χ0n) is 43.2. The number of hydrogen-bond donors (Lipinski definition) is 8. The Morgan fingerprint density at radius 1 is 0.429 bits per heavy atom. The average Bonchev–Trinajstić information content (AvgIpc) is 3.21. The zero-order chi connectivity index (χ0) is 53.5. The summed E-state index contributed by atoms with van der Waals surface area (Å²) in [6.45, 7) is 14.9. The van der Waals surface area contributed by atoms with E-state index in [0.29, 0.717) is 68.1 Å². The number of esters is 2. The van der Waals surface area contributed by atoms with Crippen molar-refractivity contribution in [1.29, 1.82) is 0 Å². The van der Waals surface area contributed by atoms with E-state index in [4.69, 9.17) is 24.8 Å². The lowest BCUT2D eigenvalue weighted by atomic mass is 9.92. The molecule has 9 atom stereocenters. The van der Waals surface area contributed by atoms with Gasteiger partial charge in [0, 0.05) is 18.2 Å². The summed E-state index contributed by atoms with van der Waals surface area (Å²) in [6, 6.07) is 0. The summed E-state index contributed by atoms with van der Waals surface area (Å²) in [6.07, 6.45) is 14.1. The molecular formula is C54H86O16. The minimum Gasteiger partial charge on any atom is -0.481 e. The van der Waals surface area contributed by atoms with Gasteiger partial charge >= 0.3 is 35.8 Å². The molecule has 398 valence electrons. The molecule has 0 amide bonds. The highest BCUT2D eigenvalue weighted by Crippen LogP contribution is 2.27. The van der Waals surface area contributed by atoms with E-state index in [0.717, 1.165) is 54.6 Å². The van der Waals surface area contributed by atoms with E-state index in [1.165, 1.54) is 6.08 Å². The number of carboxylic acid groups (broad SMARTS) is 4. The fraction of sp³-hybridized carbons (Fsp3) is 0.667. The molecule has 0 aromatic rings. The number of ether oxygens (including phenoxy) is 2. The first-order chi connectivity index (χ1) is 32.8. The number of unbranched alkanes of at least 4 members (excludes halogenated alkanes) is 3. The monoisotopic (exact) mass is 991 g/mol. The first-order valence-electron chi connectivity index (χ1n) is 24.7. The van der Waals surface area contributed by atoms with Gasteiger partial charge in [-0.25, -0.2) is 14.4 Å². The van der Waals surface area contributed by atoms with Crippen molar-refractivity contribution in [3.05, 3.63) is 69.9 Å². The van der Waals surface area contributed by atoms with E-state index in [9.17, 15) is 54.3 Å². The molecular weight excluding hydrogens is 905 g/mol. The van der Waals surface area contributed by atoms with Gasteiger partial charge in [0.05, 0.1) is 25.9 Å². The second kappa shape index (κ2) is 36.1. The topological polar surface area (TPSA) is 283 Å². The maximum atomic E-state index is 13.9. The Hall–Kier alpha value is -4.90. The highest BCUT2D eigenvalue weighted by molar-refractivity contribution is 5.84. The van der Waals surface area contributed by atoms with Gasteiger partial charge in [-0.2, -0.15) is 0 Å². The molecule has 0 spiro atoms. The number of carbonyl (C=O) groups excluding carboxylic acids is 2. The summed E-state index contributed by atoms with van der Waals surface area (Å²) in [5.74, 6) is -9.74. The number of aliphatic hydroxyl groups is 4. The molecule has 0 radical (unpaired) electrons. The Morgan fingerprint density at radius 2 is 0.757 bits per heavy atom. The number of carboxylic acids is 4. The van der Waals surface area contributed by atoms with Crippen LogP contribution in [0.3, 0.4) is 0 Å². The summed E-state index contributed by atoms with van der Waals surface area (Å²) in [7, 11) is 0. The number of aliphatic hydroxyl groups excluding tert-OH is 4. The second-order valence-corrected chi connectivity index (χ2v) is 19.7. The van der Waals surface area contributed by atoms with E-state index in [2.05, 4.69) is 13.8 Å². The van der Waals surface area contributed by atoms with Crippen LogP contribution >= 0.6 is 0 Å². The SMILES string of the molecule is CC(=C\C(=O)O)/C=C(\C)C[C@H](C)CCCC[C@H](OC(=O)[C@H](CO)[C@H](CCCC[C@H](C)C/C(C)=C/C(C)=C/C(=O)O)OC(=O)/C=C(C)/C=C(\C)C[C@H](C)CCCC[C@H](O)[C@H](CO)C(=O)O)[C@@H](CO)C(=O)O. The highest BCUT2D eigenvalue weighted by Gasteiger charge is 2.37. The van der Waals surface area contributed by atoms with Crippen molar-refractivity contribution in [2.75, 3.05) is 19.8 Å². The summed E-state index contributed by atoms with van der Waals surface area (Å²) in [5.41, 5.74) is 4.81. The first kappa shape index (κ1) is 65.1. The van der Waals surface area contributed by atoms with E-state index in [1.807, 2.05) is 45.9 Å². The van der Waals surface area contributed by atoms with Crippen LogP contribution in [0.4, 0.5) is 0 Å². The number of allylic oxidation sites excluding steroid dienone is 9. The quantitative estimate of drug-likeness (QED) is 0.0124. The molecule has 8 N–H and O–H groups in total. The van der Waals surface area contributed by atoms with Gasteiger partial charge in [0.25, 0.3) is 0 Å². The van der Waals surface area contributed by atoms with Crippen molar-refractivity contribution in [1.82, 2.24) is 0 Å². The van der Waals surface area contributed by atoms with Crippen LogP contribution in [0.15, 0.2) is 69.9 Å². The molecule has 0 aromatic carbocycles. The molecule has 16 heteroatoms. The highest BCUT2D eigenvalue weighted by atomic mass is 16.6. The third kappa shape index (κ3) is 30.0. The molecule has 0 unspecified atom stereocenters. The molecule has 0 aliphatic carbocycles. The minimum atomic E-state index is -1.45. The van der Waals surface area contributed by atoms with Crippen LogP contribution in [0.1, 0.15) is 159 Å². The van der Waals surface area contributed by atoms with Crippen molar-refractivity contribution >= 4 is 35.8 Å². The number of hydrogen-bond acceptors (Lipinski definition) is 12. The Morgan fingerprint density at radius 3 is 1.10 bits per heavy atom. The smallest absolute Gasteiger partial charge is 0.331 e. The second-order valence-electron chi connectivity index (χ2n) is 19.7. The van der Waals surface area contributed by atoms with E-state index in [1.54, 1.807) is 20.8 Å². The molecule has 0 saturated heterocycles. The number of carbonyl (C=O) groups is 6. The van der Waals surface area contributed by atoms with Crippen molar-refractivity contribution in [3.63, 3.8) is 0 Å². The number of rotatable bonds is 38. The van der Waals surface area contributed by atoms with Gasteiger partial charge in [-0.05, 0) is 127 Å². The van der Waals surface area contributed by atoms with Gasteiger partial charge in [-0.3, -0.25) is 14.4 Å². The molecule has 70 heavy (non-hydrogen) atoms. The van der Waals surface area contributed by atoms with Crippen LogP contribution < -0.4 is 0 Å². The van der Waals surface area contributed by atoms with Crippen LogP contribution in [-0.4, -0.2) is 115 Å². The fourth-order valence-electron chi connectivity index (χ4n) is 8.89. The third-order valence-electron chi connectivity index (χ3n) is 12.2. The van der Waals surface area contributed by atoms with Gasteiger partial charge in [-0.1, -0.05) is 101 Å². The molecule has 0 aliphatic heterocycles. The Kier molecular flexibility index (Phi) is 33.6. The Balaban J connectivity index is 6.17. The fourth-order valence-corrected chi connectivity index (χ4v) is 8.89. The predicted octanol–water partition coefficient (Wildman–Crippen LogP) is 8.77. The standard InChI is InChI=1S/C54H86O16/c1-34(16-10-13-19-46(58)43(31-55)52(64)65)24-39(6)27-42(9)30-51(63)69-48(21-15-12-18-36(3)23-38(5)26-41(8)29-50(61)62)45(33-57)54(68)70-47(44(32-56)53(66)67)20-14-11-17-35(2)22-37(4)25-40(7)28-49(59)60/h25-30,34-36,43-48,55-58H,10-24,31-33H2,1-9H3,(H,59,60)(H,61,62)(H,64,65)(H,66,67)/b37-25+,38-26+,39-27+,40-28+,41-29+,42-30+/t34-,35-,36+,43+,44-,45-,46+,47+,48+/m1/s1. The minimum absolute atomic E-state index is 0.110. The molecule has 0 heterocycles. The Labute approximate surface area is 415 Å². The number of aliphatic carboxylic acids is 4.